The minimum absolute atomic E-state index is 0.0351. The second kappa shape index (κ2) is 8.94. The molecule has 7 nitrogen and oxygen atoms in total. The van der Waals surface area contributed by atoms with Crippen LogP contribution in [0.3, 0.4) is 0 Å². The number of para-hydroxylation sites is 1. The Labute approximate surface area is 187 Å². The highest BCUT2D eigenvalue weighted by Crippen LogP contribution is 2.38. The summed E-state index contributed by atoms with van der Waals surface area (Å²) in [5, 5.41) is 3.70. The van der Waals surface area contributed by atoms with Gasteiger partial charge < -0.3 is 24.1 Å². The lowest BCUT2D eigenvalue weighted by molar-refractivity contribution is -0.133. The molecule has 0 aliphatic carbocycles. The number of nitrogens with one attached hydrogen (secondary N) is 1. The van der Waals surface area contributed by atoms with Crippen LogP contribution in [0, 0.1) is 0 Å². The lowest BCUT2D eigenvalue weighted by Gasteiger charge is -2.37. The third-order valence-corrected chi connectivity index (χ3v) is 5.92. The minimum atomic E-state index is -1.18. The SMILES string of the molecule is CCCCN1C(=O)c2oc3ccccc3c2OCC1(C)C(=O)NCc1ccc(OC)cc1. The van der Waals surface area contributed by atoms with Crippen LogP contribution in [0.2, 0.25) is 0 Å². The van der Waals surface area contributed by atoms with Crippen LogP contribution in [0.4, 0.5) is 0 Å². The summed E-state index contributed by atoms with van der Waals surface area (Å²) in [4.78, 5) is 28.5. The molecule has 0 saturated heterocycles. The molecule has 4 rings (SSSR count). The lowest BCUT2D eigenvalue weighted by Crippen LogP contribution is -2.61. The van der Waals surface area contributed by atoms with E-state index in [1.54, 1.807) is 25.0 Å². The Hall–Kier alpha value is -3.48. The monoisotopic (exact) mass is 436 g/mol. The summed E-state index contributed by atoms with van der Waals surface area (Å²) in [7, 11) is 1.61. The van der Waals surface area contributed by atoms with E-state index in [9.17, 15) is 9.59 Å². The van der Waals surface area contributed by atoms with Gasteiger partial charge in [0, 0.05) is 13.1 Å². The van der Waals surface area contributed by atoms with Crippen LogP contribution >= 0.6 is 0 Å². The van der Waals surface area contributed by atoms with Crippen LogP contribution in [0.25, 0.3) is 11.0 Å². The third kappa shape index (κ3) is 3.90. The van der Waals surface area contributed by atoms with Crippen LogP contribution in [0.1, 0.15) is 42.8 Å². The fraction of sp³-hybridized carbons (Fsp3) is 0.360. The molecule has 0 saturated carbocycles. The van der Waals surface area contributed by atoms with Crippen LogP contribution in [-0.2, 0) is 11.3 Å². The number of amides is 2. The quantitative estimate of drug-likeness (QED) is 0.602. The van der Waals surface area contributed by atoms with Crippen molar-refractivity contribution in [2.45, 2.75) is 38.8 Å². The number of rotatable bonds is 7. The van der Waals surface area contributed by atoms with Gasteiger partial charge in [0.2, 0.25) is 11.7 Å². The highest BCUT2D eigenvalue weighted by molar-refractivity contribution is 6.04. The topological polar surface area (TPSA) is 81.0 Å². The molecule has 2 amide bonds. The molecule has 1 aromatic heterocycles. The molecule has 7 heteroatoms. The molecule has 0 spiro atoms. The first-order valence-corrected chi connectivity index (χ1v) is 10.9. The van der Waals surface area contributed by atoms with Crippen LogP contribution in [0.5, 0.6) is 11.5 Å². The molecule has 1 atom stereocenters. The van der Waals surface area contributed by atoms with Gasteiger partial charge in [-0.3, -0.25) is 9.59 Å². The van der Waals surface area contributed by atoms with Gasteiger partial charge in [0.05, 0.1) is 12.5 Å². The average Bonchev–Trinajstić information content (AvgIpc) is 3.15. The second-order valence-corrected chi connectivity index (χ2v) is 8.16. The molecule has 2 aromatic carbocycles. The first-order chi connectivity index (χ1) is 15.5. The molecule has 2 heterocycles. The van der Waals surface area contributed by atoms with E-state index < -0.39 is 5.54 Å². The molecule has 1 aliphatic rings. The molecule has 1 unspecified atom stereocenters. The van der Waals surface area contributed by atoms with Gasteiger partial charge in [-0.2, -0.15) is 0 Å². The first-order valence-electron chi connectivity index (χ1n) is 10.9. The van der Waals surface area contributed by atoms with E-state index in [1.807, 2.05) is 49.4 Å². The number of ether oxygens (including phenoxy) is 2. The number of carbonyl (C=O) groups excluding carboxylic acids is 2. The summed E-state index contributed by atoms with van der Waals surface area (Å²) < 4.78 is 17.1. The Morgan fingerprint density at radius 2 is 1.94 bits per heavy atom. The standard InChI is InChI=1S/C25H28N2O5/c1-4-5-14-27-23(28)22-21(19-8-6-7-9-20(19)32-22)31-16-25(27,2)24(29)26-15-17-10-12-18(30-3)13-11-17/h6-13H,4-5,14-16H2,1-3H3,(H,26,29). The van der Waals surface area contributed by atoms with Crippen molar-refractivity contribution in [2.75, 3.05) is 20.3 Å². The number of fused-ring (bicyclic) bond motifs is 3. The van der Waals surface area contributed by atoms with Crippen molar-refractivity contribution in [3.05, 3.63) is 59.9 Å². The maximum Gasteiger partial charge on any atom is 0.294 e. The van der Waals surface area contributed by atoms with E-state index in [1.165, 1.54) is 0 Å². The van der Waals surface area contributed by atoms with E-state index in [4.69, 9.17) is 13.9 Å². The Bertz CT molecular complexity index is 1120. The van der Waals surface area contributed by atoms with E-state index in [0.29, 0.717) is 24.4 Å². The summed E-state index contributed by atoms with van der Waals surface area (Å²) in [6, 6.07) is 14.9. The van der Waals surface area contributed by atoms with Crippen molar-refractivity contribution in [3.63, 3.8) is 0 Å². The number of unbranched alkanes of at least 4 members (excludes halogenated alkanes) is 1. The van der Waals surface area contributed by atoms with Crippen molar-refractivity contribution in [1.29, 1.82) is 0 Å². The van der Waals surface area contributed by atoms with Gasteiger partial charge in [-0.1, -0.05) is 37.6 Å². The van der Waals surface area contributed by atoms with Gasteiger partial charge in [0.1, 0.15) is 17.9 Å². The molecule has 32 heavy (non-hydrogen) atoms. The average molecular weight is 437 g/mol. The molecule has 0 radical (unpaired) electrons. The van der Waals surface area contributed by atoms with Crippen molar-refractivity contribution in [1.82, 2.24) is 10.2 Å². The largest absolute Gasteiger partial charge is 0.497 e. The number of furan rings is 1. The fourth-order valence-corrected chi connectivity index (χ4v) is 3.91. The van der Waals surface area contributed by atoms with Gasteiger partial charge in [0.25, 0.3) is 5.91 Å². The zero-order valence-corrected chi connectivity index (χ0v) is 18.6. The smallest absolute Gasteiger partial charge is 0.294 e. The van der Waals surface area contributed by atoms with E-state index in [0.717, 1.165) is 29.5 Å². The summed E-state index contributed by atoms with van der Waals surface area (Å²) >= 11 is 0. The zero-order valence-electron chi connectivity index (χ0n) is 18.6. The Morgan fingerprint density at radius 1 is 1.19 bits per heavy atom. The maximum atomic E-state index is 13.5. The fourth-order valence-electron chi connectivity index (χ4n) is 3.91. The molecule has 1 aliphatic heterocycles. The summed E-state index contributed by atoms with van der Waals surface area (Å²) in [6.45, 7) is 4.60. The molecular weight excluding hydrogens is 408 g/mol. The molecule has 1 N–H and O–H groups in total. The van der Waals surface area contributed by atoms with Gasteiger partial charge in [-0.05, 0) is 43.2 Å². The predicted octanol–water partition coefficient (Wildman–Crippen LogP) is 4.15. The van der Waals surface area contributed by atoms with Crippen LogP contribution in [0.15, 0.2) is 52.9 Å². The second-order valence-electron chi connectivity index (χ2n) is 8.16. The summed E-state index contributed by atoms with van der Waals surface area (Å²) in [6.07, 6.45) is 1.66. The highest BCUT2D eigenvalue weighted by atomic mass is 16.5. The van der Waals surface area contributed by atoms with Gasteiger partial charge in [0.15, 0.2) is 11.3 Å². The third-order valence-electron chi connectivity index (χ3n) is 5.92. The van der Waals surface area contributed by atoms with E-state index >= 15 is 0 Å². The Kier molecular flexibility index (Phi) is 6.08. The number of hydrogen-bond donors (Lipinski definition) is 1. The summed E-state index contributed by atoms with van der Waals surface area (Å²) in [5.74, 6) is 0.700. The predicted molar refractivity (Wildman–Crippen MR) is 121 cm³/mol. The van der Waals surface area contributed by atoms with Gasteiger partial charge >= 0.3 is 0 Å². The number of carbonyl (C=O) groups is 2. The number of hydrogen-bond acceptors (Lipinski definition) is 5. The minimum Gasteiger partial charge on any atom is -0.497 e. The molecule has 3 aromatic rings. The Balaban J connectivity index is 1.61. The maximum absolute atomic E-state index is 13.5. The van der Waals surface area contributed by atoms with Crippen molar-refractivity contribution in [3.8, 4) is 11.5 Å². The number of benzene rings is 2. The van der Waals surface area contributed by atoms with E-state index in [-0.39, 0.29) is 24.2 Å². The molecular formula is C25H28N2O5. The first kappa shape index (κ1) is 21.7. The number of nitrogens with zero attached hydrogens (tertiary/aromatic N) is 1. The normalized spacial score (nSPS) is 18.1. The number of methoxy groups -OCH3 is 1. The van der Waals surface area contributed by atoms with E-state index in [2.05, 4.69) is 5.32 Å². The molecule has 0 fully saturated rings. The van der Waals surface area contributed by atoms with Crippen LogP contribution in [-0.4, -0.2) is 42.5 Å². The zero-order chi connectivity index (χ0) is 22.7. The van der Waals surface area contributed by atoms with Gasteiger partial charge in [-0.15, -0.1) is 0 Å². The molecule has 0 bridgehead atoms. The van der Waals surface area contributed by atoms with Crippen molar-refractivity contribution >= 4 is 22.8 Å². The lowest BCUT2D eigenvalue weighted by atomic mass is 9.98. The van der Waals surface area contributed by atoms with Crippen LogP contribution < -0.4 is 14.8 Å². The highest BCUT2D eigenvalue weighted by Gasteiger charge is 2.47. The molecule has 168 valence electrons. The van der Waals surface area contributed by atoms with Crippen molar-refractivity contribution in [2.24, 2.45) is 0 Å². The van der Waals surface area contributed by atoms with Crippen molar-refractivity contribution < 1.29 is 23.5 Å². The Morgan fingerprint density at radius 3 is 2.66 bits per heavy atom. The van der Waals surface area contributed by atoms with Gasteiger partial charge in [-0.25, -0.2) is 0 Å². The summed E-state index contributed by atoms with van der Waals surface area (Å²) in [5.41, 5.74) is 0.344.